The summed E-state index contributed by atoms with van der Waals surface area (Å²) in [6.45, 7) is 4.82. The van der Waals surface area contributed by atoms with Crippen molar-refractivity contribution in [3.05, 3.63) is 12.2 Å². The monoisotopic (exact) mass is 348 g/mol. The van der Waals surface area contributed by atoms with Crippen LogP contribution in [0.25, 0.3) is 0 Å². The van der Waals surface area contributed by atoms with Crippen molar-refractivity contribution in [1.29, 1.82) is 0 Å². The number of hydrogen-bond acceptors (Lipinski definition) is 5. The van der Waals surface area contributed by atoms with Crippen LogP contribution in [0.4, 0.5) is 0 Å². The van der Waals surface area contributed by atoms with Crippen LogP contribution in [0.3, 0.4) is 0 Å². The molecule has 0 bridgehead atoms. The number of esters is 2. The van der Waals surface area contributed by atoms with Crippen LogP contribution in [0.15, 0.2) is 12.2 Å². The third kappa shape index (κ3) is 6.38. The first-order valence-electron chi connectivity index (χ1n) is 6.65. The van der Waals surface area contributed by atoms with E-state index in [0.717, 1.165) is 12.8 Å². The number of hydrogen-bond donors (Lipinski definition) is 1. The SMILES string of the molecule is C=C(C)C(=O)OCCOC(=O)C1CCCCC1C(=O)O.[Zn]. The van der Waals surface area contributed by atoms with E-state index in [1.165, 1.54) is 6.92 Å². The molecule has 7 heteroatoms. The van der Waals surface area contributed by atoms with E-state index in [4.69, 9.17) is 14.6 Å². The maximum Gasteiger partial charge on any atom is 0.333 e. The van der Waals surface area contributed by atoms with E-state index in [-0.39, 0.29) is 38.3 Å². The summed E-state index contributed by atoms with van der Waals surface area (Å²) in [7, 11) is 0. The largest absolute Gasteiger partial charge is 0.481 e. The van der Waals surface area contributed by atoms with Gasteiger partial charge in [0.1, 0.15) is 13.2 Å². The maximum atomic E-state index is 11.8. The number of ether oxygens (including phenoxy) is 2. The first-order chi connectivity index (χ1) is 9.43. The van der Waals surface area contributed by atoms with Gasteiger partial charge in [0, 0.05) is 25.1 Å². The molecule has 1 saturated carbocycles. The molecular weight excluding hydrogens is 330 g/mol. The van der Waals surface area contributed by atoms with E-state index in [0.29, 0.717) is 12.8 Å². The molecule has 114 valence electrons. The van der Waals surface area contributed by atoms with Gasteiger partial charge in [0.25, 0.3) is 0 Å². The second kappa shape index (κ2) is 9.66. The van der Waals surface area contributed by atoms with Gasteiger partial charge in [0.2, 0.25) is 0 Å². The molecule has 1 fully saturated rings. The number of rotatable bonds is 6. The summed E-state index contributed by atoms with van der Waals surface area (Å²) in [5.74, 6) is -3.29. The van der Waals surface area contributed by atoms with Crippen LogP contribution >= 0.6 is 0 Å². The fraction of sp³-hybridized carbons (Fsp3) is 0.643. The summed E-state index contributed by atoms with van der Waals surface area (Å²) in [5.41, 5.74) is 0.273. The van der Waals surface area contributed by atoms with Crippen molar-refractivity contribution in [1.82, 2.24) is 0 Å². The molecule has 2 unspecified atom stereocenters. The van der Waals surface area contributed by atoms with Crippen molar-refractivity contribution in [3.8, 4) is 0 Å². The van der Waals surface area contributed by atoms with Gasteiger partial charge in [-0.15, -0.1) is 0 Å². The normalized spacial score (nSPS) is 20.8. The molecule has 1 N–H and O–H groups in total. The minimum atomic E-state index is -0.958. The summed E-state index contributed by atoms with van der Waals surface area (Å²) in [6.07, 6.45) is 2.67. The first kappa shape index (κ1) is 19.8. The molecule has 0 spiro atoms. The third-order valence-corrected chi connectivity index (χ3v) is 3.30. The third-order valence-electron chi connectivity index (χ3n) is 3.30. The topological polar surface area (TPSA) is 89.9 Å². The smallest absolute Gasteiger partial charge is 0.333 e. The van der Waals surface area contributed by atoms with Crippen molar-refractivity contribution in [2.24, 2.45) is 11.8 Å². The first-order valence-corrected chi connectivity index (χ1v) is 6.65. The molecule has 0 aromatic rings. The maximum absolute atomic E-state index is 11.8. The number of aliphatic carboxylic acids is 1. The Bertz CT molecular complexity index is 406. The van der Waals surface area contributed by atoms with Crippen molar-refractivity contribution >= 4 is 17.9 Å². The molecular formula is C14H20O6Zn. The van der Waals surface area contributed by atoms with Gasteiger partial charge in [-0.3, -0.25) is 9.59 Å². The van der Waals surface area contributed by atoms with Gasteiger partial charge >= 0.3 is 17.9 Å². The molecule has 21 heavy (non-hydrogen) atoms. The van der Waals surface area contributed by atoms with Crippen LogP contribution in [-0.4, -0.2) is 36.2 Å². The van der Waals surface area contributed by atoms with E-state index in [1.54, 1.807) is 0 Å². The Morgan fingerprint density at radius 3 is 2.14 bits per heavy atom. The fourth-order valence-corrected chi connectivity index (χ4v) is 2.22. The summed E-state index contributed by atoms with van der Waals surface area (Å²) >= 11 is 0. The zero-order valence-electron chi connectivity index (χ0n) is 12.3. The number of carboxylic acid groups (broad SMARTS) is 1. The van der Waals surface area contributed by atoms with Gasteiger partial charge in [-0.25, -0.2) is 4.79 Å². The molecule has 0 aromatic carbocycles. The van der Waals surface area contributed by atoms with E-state index in [9.17, 15) is 14.4 Å². The van der Waals surface area contributed by atoms with Crippen LogP contribution in [0.1, 0.15) is 32.6 Å². The molecule has 0 aromatic heterocycles. The predicted molar refractivity (Wildman–Crippen MR) is 69.8 cm³/mol. The molecule has 1 aliphatic carbocycles. The Morgan fingerprint density at radius 2 is 1.62 bits per heavy atom. The van der Waals surface area contributed by atoms with Gasteiger partial charge in [0.05, 0.1) is 11.8 Å². The number of carbonyl (C=O) groups excluding carboxylic acids is 2. The van der Waals surface area contributed by atoms with Gasteiger partial charge in [-0.1, -0.05) is 19.4 Å². The van der Waals surface area contributed by atoms with Crippen molar-refractivity contribution in [2.75, 3.05) is 13.2 Å². The second-order valence-corrected chi connectivity index (χ2v) is 4.92. The van der Waals surface area contributed by atoms with Gasteiger partial charge in [0.15, 0.2) is 0 Å². The van der Waals surface area contributed by atoms with Crippen LogP contribution in [0.2, 0.25) is 0 Å². The molecule has 0 saturated heterocycles. The second-order valence-electron chi connectivity index (χ2n) is 4.92. The van der Waals surface area contributed by atoms with Crippen LogP contribution in [0, 0.1) is 11.8 Å². The molecule has 1 aliphatic rings. The quantitative estimate of drug-likeness (QED) is 0.338. The van der Waals surface area contributed by atoms with Crippen molar-refractivity contribution in [2.45, 2.75) is 32.6 Å². The molecule has 0 radical (unpaired) electrons. The minimum absolute atomic E-state index is 0. The molecule has 2 atom stereocenters. The number of carbonyl (C=O) groups is 3. The Labute approximate surface area is 136 Å². The van der Waals surface area contributed by atoms with E-state index >= 15 is 0 Å². The summed E-state index contributed by atoms with van der Waals surface area (Å²) < 4.78 is 9.77. The number of carboxylic acids is 1. The molecule has 6 nitrogen and oxygen atoms in total. The van der Waals surface area contributed by atoms with Crippen LogP contribution in [-0.2, 0) is 43.3 Å². The average Bonchev–Trinajstić information content (AvgIpc) is 2.42. The molecule has 1 rings (SSSR count). The Balaban J connectivity index is 0.00000400. The van der Waals surface area contributed by atoms with Gasteiger partial charge < -0.3 is 14.6 Å². The Kier molecular flexibility index (Phi) is 9.10. The average molecular weight is 350 g/mol. The molecule has 0 amide bonds. The standard InChI is InChI=1S/C14H20O6.Zn/c1-9(2)13(17)19-7-8-20-14(18)11-6-4-3-5-10(11)12(15)16;/h10-11H,1,3-8H2,2H3,(H,15,16);. The predicted octanol–water partition coefficient (Wildman–Crippen LogP) is 1.54. The summed E-state index contributed by atoms with van der Waals surface area (Å²) in [5, 5.41) is 9.08. The van der Waals surface area contributed by atoms with Crippen molar-refractivity contribution < 1.29 is 48.4 Å². The molecule has 0 aliphatic heterocycles. The van der Waals surface area contributed by atoms with Crippen molar-refractivity contribution in [3.63, 3.8) is 0 Å². The van der Waals surface area contributed by atoms with E-state index in [1.807, 2.05) is 0 Å². The minimum Gasteiger partial charge on any atom is -0.481 e. The van der Waals surface area contributed by atoms with Crippen LogP contribution < -0.4 is 0 Å². The van der Waals surface area contributed by atoms with Crippen LogP contribution in [0.5, 0.6) is 0 Å². The van der Waals surface area contributed by atoms with Gasteiger partial charge in [-0.05, 0) is 19.8 Å². The Morgan fingerprint density at radius 1 is 1.10 bits per heavy atom. The van der Waals surface area contributed by atoms with Gasteiger partial charge in [-0.2, -0.15) is 0 Å². The van der Waals surface area contributed by atoms with E-state index in [2.05, 4.69) is 6.58 Å². The fourth-order valence-electron chi connectivity index (χ4n) is 2.22. The zero-order chi connectivity index (χ0) is 15.1. The summed E-state index contributed by atoms with van der Waals surface area (Å²) in [6, 6.07) is 0. The molecule has 0 heterocycles. The van der Waals surface area contributed by atoms with E-state index < -0.39 is 29.7 Å². The Hall–Kier alpha value is -1.23. The summed E-state index contributed by atoms with van der Waals surface area (Å²) in [4.78, 5) is 34.0. The zero-order valence-corrected chi connectivity index (χ0v) is 15.3.